The number of nitrogens with one attached hydrogen (secondary N) is 1. The third-order valence-corrected chi connectivity index (χ3v) is 6.50. The minimum atomic E-state index is -1.82. The van der Waals surface area contributed by atoms with E-state index in [-0.39, 0.29) is 12.3 Å². The monoisotopic (exact) mass is 629 g/mol. The van der Waals surface area contributed by atoms with E-state index in [2.05, 4.69) is 10.2 Å². The summed E-state index contributed by atoms with van der Waals surface area (Å²) in [5, 5.41) is 28.8. The number of benzene rings is 2. The van der Waals surface area contributed by atoms with E-state index >= 15 is 0 Å². The van der Waals surface area contributed by atoms with Crippen LogP contribution in [0.1, 0.15) is 22.3 Å². The number of carbonyl (C=O) groups is 3. The molecule has 0 unspecified atom stereocenters. The maximum Gasteiger partial charge on any atom is 0.414 e. The molecule has 0 aliphatic carbocycles. The number of carbonyl (C=O) groups excluding carboxylic acids is 1. The minimum Gasteiger partial charge on any atom is -0.497 e. The zero-order chi connectivity index (χ0) is 33.5. The molecule has 0 fully saturated rings. The van der Waals surface area contributed by atoms with Crippen molar-refractivity contribution >= 4 is 29.4 Å². The first-order valence-corrected chi connectivity index (χ1v) is 13.6. The van der Waals surface area contributed by atoms with Gasteiger partial charge in [-0.25, -0.2) is 19.2 Å². The number of carboxylic acid groups (broad SMARTS) is 2. The van der Waals surface area contributed by atoms with E-state index in [1.165, 1.54) is 29.8 Å². The van der Waals surface area contributed by atoms with Crippen LogP contribution >= 0.6 is 0 Å². The third-order valence-electron chi connectivity index (χ3n) is 6.50. The lowest BCUT2D eigenvalue weighted by Gasteiger charge is -2.23. The van der Waals surface area contributed by atoms with Gasteiger partial charge in [0.15, 0.2) is 0 Å². The summed E-state index contributed by atoms with van der Waals surface area (Å²) in [5.74, 6) is -3.02. The summed E-state index contributed by atoms with van der Waals surface area (Å²) >= 11 is 0. The van der Waals surface area contributed by atoms with Crippen LogP contribution in [0, 0.1) is 10.1 Å². The highest BCUT2D eigenvalue weighted by Gasteiger charge is 2.12. The van der Waals surface area contributed by atoms with Crippen molar-refractivity contribution < 1.29 is 39.0 Å². The molecule has 3 aromatic rings. The van der Waals surface area contributed by atoms with Gasteiger partial charge in [0.1, 0.15) is 18.2 Å². The van der Waals surface area contributed by atoms with Gasteiger partial charge in [-0.2, -0.15) is 0 Å². The van der Waals surface area contributed by atoms with Crippen LogP contribution in [0.2, 0.25) is 0 Å². The molecule has 0 radical (unpaired) electrons. The summed E-state index contributed by atoms with van der Waals surface area (Å²) in [7, 11) is 4.56. The van der Waals surface area contributed by atoms with Crippen molar-refractivity contribution in [3.8, 4) is 5.75 Å². The molecule has 3 rings (SSSR count). The fourth-order valence-electron chi connectivity index (χ4n) is 3.95. The van der Waals surface area contributed by atoms with E-state index in [1.54, 1.807) is 50.6 Å². The van der Waals surface area contributed by atoms with Gasteiger partial charge in [0.05, 0.1) is 17.6 Å². The summed E-state index contributed by atoms with van der Waals surface area (Å²) in [6, 6.07) is 14.5. The Labute approximate surface area is 257 Å². The van der Waals surface area contributed by atoms with Gasteiger partial charge < -0.3 is 25.0 Å². The smallest absolute Gasteiger partial charge is 0.414 e. The van der Waals surface area contributed by atoms with Gasteiger partial charge in [0.25, 0.3) is 11.2 Å². The molecule has 2 aromatic carbocycles. The lowest BCUT2D eigenvalue weighted by Crippen LogP contribution is -2.38. The fraction of sp³-hybridized carbons (Fsp3) is 0.345. The van der Waals surface area contributed by atoms with E-state index in [0.717, 1.165) is 23.0 Å². The van der Waals surface area contributed by atoms with Crippen molar-refractivity contribution in [1.82, 2.24) is 14.0 Å². The summed E-state index contributed by atoms with van der Waals surface area (Å²) in [6.45, 7) is 2.33. The van der Waals surface area contributed by atoms with E-state index in [4.69, 9.17) is 29.3 Å². The van der Waals surface area contributed by atoms with Crippen LogP contribution in [0.15, 0.2) is 64.2 Å². The number of hydrogen-bond donors (Lipinski definition) is 3. The van der Waals surface area contributed by atoms with Crippen molar-refractivity contribution in [3.05, 3.63) is 96.7 Å². The minimum absolute atomic E-state index is 0.0512. The molecule has 1 heterocycles. The molecular weight excluding hydrogens is 594 g/mol. The molecule has 0 amide bonds. The number of esters is 1. The summed E-state index contributed by atoms with van der Waals surface area (Å²) in [5.41, 5.74) is 0.644. The van der Waals surface area contributed by atoms with Crippen LogP contribution in [0.5, 0.6) is 5.75 Å². The fourth-order valence-corrected chi connectivity index (χ4v) is 3.95. The number of nitro benzene ring substituents is 1. The molecule has 242 valence electrons. The largest absolute Gasteiger partial charge is 0.497 e. The number of hydrogen-bond acceptors (Lipinski definition) is 11. The topological polar surface area (TPSA) is 213 Å². The molecule has 16 nitrogen and oxygen atoms in total. The number of non-ortho nitro benzene ring substituents is 1. The lowest BCUT2D eigenvalue weighted by molar-refractivity contribution is -0.384. The highest BCUT2D eigenvalue weighted by Crippen LogP contribution is 2.14. The van der Waals surface area contributed by atoms with Crippen molar-refractivity contribution in [2.45, 2.75) is 12.8 Å². The molecule has 0 bridgehead atoms. The van der Waals surface area contributed by atoms with Crippen LogP contribution in [0.25, 0.3) is 0 Å². The average molecular weight is 630 g/mol. The summed E-state index contributed by atoms with van der Waals surface area (Å²) in [4.78, 5) is 67.4. The highest BCUT2D eigenvalue weighted by molar-refractivity contribution is 6.27. The van der Waals surface area contributed by atoms with Crippen LogP contribution in [0.3, 0.4) is 0 Å². The van der Waals surface area contributed by atoms with Gasteiger partial charge in [0, 0.05) is 51.9 Å². The molecule has 0 aliphatic rings. The predicted molar refractivity (Wildman–Crippen MR) is 162 cm³/mol. The zero-order valence-electron chi connectivity index (χ0n) is 25.0. The van der Waals surface area contributed by atoms with Gasteiger partial charge in [0.2, 0.25) is 0 Å². The van der Waals surface area contributed by atoms with Gasteiger partial charge >= 0.3 is 23.6 Å². The van der Waals surface area contributed by atoms with Gasteiger partial charge in [-0.05, 0) is 49.2 Å². The van der Waals surface area contributed by atoms with Crippen LogP contribution in [-0.2, 0) is 34.8 Å². The maximum absolute atomic E-state index is 12.4. The maximum atomic E-state index is 12.4. The molecule has 0 spiro atoms. The standard InChI is InChI=1S/C27H33N5O7.C2H2O4/c1-29-24(19-25(33)30(2)27(29)35)28-14-16-31(15-4-5-20-6-10-22(11-7-20)32(36)37)17-18-39-26(34)21-8-12-23(38-3)13-9-21;3-1(4)2(5)6/h6-13,19,28H,4-5,14-18H2,1-3H3;(H,3,4)(H,5,6). The van der Waals surface area contributed by atoms with E-state index < -0.39 is 34.1 Å². The Morgan fingerprint density at radius 1 is 0.933 bits per heavy atom. The summed E-state index contributed by atoms with van der Waals surface area (Å²) in [6.07, 6.45) is 1.49. The SMILES string of the molecule is COc1ccc(C(=O)OCCN(CCCc2ccc([N+](=O)[O-])cc2)CCNc2cc(=O)n(C)c(=O)n2C)cc1.O=C(O)C(=O)O. The molecule has 0 saturated carbocycles. The molecule has 0 atom stereocenters. The number of aryl methyl sites for hydroxylation is 1. The molecule has 45 heavy (non-hydrogen) atoms. The number of aromatic nitrogens is 2. The second kappa shape index (κ2) is 17.6. The number of nitrogens with zero attached hydrogens (tertiary/aromatic N) is 4. The predicted octanol–water partition coefficient (Wildman–Crippen LogP) is 1.36. The normalized spacial score (nSPS) is 10.4. The Bertz CT molecular complexity index is 1570. The molecular formula is C29H35N5O11. The quantitative estimate of drug-likeness (QED) is 0.0996. The van der Waals surface area contributed by atoms with Crippen molar-refractivity contribution in [3.63, 3.8) is 0 Å². The molecule has 0 saturated heterocycles. The second-order valence-electron chi connectivity index (χ2n) is 9.54. The first-order chi connectivity index (χ1) is 21.3. The Balaban J connectivity index is 0.00000107. The molecule has 16 heteroatoms. The third kappa shape index (κ3) is 11.6. The number of rotatable bonds is 14. The van der Waals surface area contributed by atoms with Crippen LogP contribution < -0.4 is 21.3 Å². The van der Waals surface area contributed by atoms with Crippen LogP contribution in [-0.4, -0.2) is 87.0 Å². The number of ether oxygens (including phenoxy) is 2. The average Bonchev–Trinajstić information content (AvgIpc) is 3.02. The first kappa shape index (κ1) is 35.7. The number of nitro groups is 1. The van der Waals surface area contributed by atoms with Crippen molar-refractivity contribution in [2.75, 3.05) is 45.2 Å². The molecule has 0 aliphatic heterocycles. The Morgan fingerprint density at radius 2 is 1.56 bits per heavy atom. The number of carboxylic acids is 2. The first-order valence-electron chi connectivity index (χ1n) is 13.6. The molecule has 3 N–H and O–H groups in total. The van der Waals surface area contributed by atoms with Crippen molar-refractivity contribution in [2.24, 2.45) is 14.1 Å². The number of anilines is 1. The Kier molecular flexibility index (Phi) is 13.9. The molecule has 1 aromatic heterocycles. The number of aliphatic carboxylic acids is 2. The number of methoxy groups -OCH3 is 1. The van der Waals surface area contributed by atoms with E-state index in [1.807, 2.05) is 0 Å². The highest BCUT2D eigenvalue weighted by atomic mass is 16.6. The Hall–Kier alpha value is -5.51. The van der Waals surface area contributed by atoms with E-state index in [9.17, 15) is 24.5 Å². The van der Waals surface area contributed by atoms with Gasteiger partial charge in [-0.3, -0.25) is 28.9 Å². The lowest BCUT2D eigenvalue weighted by atomic mass is 10.1. The van der Waals surface area contributed by atoms with E-state index in [0.29, 0.717) is 43.3 Å². The Morgan fingerprint density at radius 3 is 2.11 bits per heavy atom. The van der Waals surface area contributed by atoms with Gasteiger partial charge in [-0.15, -0.1) is 0 Å². The van der Waals surface area contributed by atoms with Crippen molar-refractivity contribution in [1.29, 1.82) is 0 Å². The summed E-state index contributed by atoms with van der Waals surface area (Å²) < 4.78 is 13.0. The second-order valence-corrected chi connectivity index (χ2v) is 9.54. The zero-order valence-corrected chi connectivity index (χ0v) is 25.0. The van der Waals surface area contributed by atoms with Gasteiger partial charge in [-0.1, -0.05) is 12.1 Å². The van der Waals surface area contributed by atoms with Crippen LogP contribution in [0.4, 0.5) is 11.5 Å².